The lowest BCUT2D eigenvalue weighted by Crippen LogP contribution is -2.09. The fourth-order valence-electron chi connectivity index (χ4n) is 1.38. The van der Waals surface area contributed by atoms with Crippen LogP contribution in [0.5, 0.6) is 0 Å². The summed E-state index contributed by atoms with van der Waals surface area (Å²) in [7, 11) is 1.54. The molecule has 5 nitrogen and oxygen atoms in total. The third-order valence-electron chi connectivity index (χ3n) is 2.18. The standard InChI is InChI=1S/C10H16N2O3/c1-3-4-5-12-9(7-15-2)8(6-11-12)10(13)14/h6H,3-5,7H2,1-2H3,(H,13,14). The number of ether oxygens (including phenoxy) is 1. The van der Waals surface area contributed by atoms with Gasteiger partial charge in [-0.15, -0.1) is 0 Å². The highest BCUT2D eigenvalue weighted by Crippen LogP contribution is 2.11. The van der Waals surface area contributed by atoms with Crippen LogP contribution in [0, 0.1) is 0 Å². The second kappa shape index (κ2) is 5.50. The van der Waals surface area contributed by atoms with Crippen molar-refractivity contribution in [3.63, 3.8) is 0 Å². The van der Waals surface area contributed by atoms with Crippen LogP contribution in [0.2, 0.25) is 0 Å². The van der Waals surface area contributed by atoms with E-state index < -0.39 is 5.97 Å². The van der Waals surface area contributed by atoms with Crippen molar-refractivity contribution in [1.82, 2.24) is 9.78 Å². The van der Waals surface area contributed by atoms with Crippen LogP contribution in [-0.2, 0) is 17.9 Å². The lowest BCUT2D eigenvalue weighted by molar-refractivity contribution is 0.0691. The Bertz CT molecular complexity index is 333. The molecule has 1 N–H and O–H groups in total. The van der Waals surface area contributed by atoms with Crippen LogP contribution in [0.3, 0.4) is 0 Å². The molecule has 0 aliphatic rings. The zero-order valence-electron chi connectivity index (χ0n) is 9.06. The summed E-state index contributed by atoms with van der Waals surface area (Å²) < 4.78 is 6.68. The van der Waals surface area contributed by atoms with Crippen LogP contribution in [-0.4, -0.2) is 28.0 Å². The van der Waals surface area contributed by atoms with E-state index in [-0.39, 0.29) is 12.2 Å². The van der Waals surface area contributed by atoms with Gasteiger partial charge in [0.1, 0.15) is 5.56 Å². The number of aromatic carboxylic acids is 1. The molecule has 1 aromatic rings. The summed E-state index contributed by atoms with van der Waals surface area (Å²) in [5.41, 5.74) is 0.867. The normalized spacial score (nSPS) is 10.5. The van der Waals surface area contributed by atoms with Crippen molar-refractivity contribution in [3.05, 3.63) is 17.5 Å². The number of methoxy groups -OCH3 is 1. The second-order valence-corrected chi connectivity index (χ2v) is 3.32. The van der Waals surface area contributed by atoms with E-state index in [1.54, 1.807) is 11.8 Å². The SMILES string of the molecule is CCCCn1ncc(C(=O)O)c1COC. The van der Waals surface area contributed by atoms with Crippen LogP contribution < -0.4 is 0 Å². The van der Waals surface area contributed by atoms with Gasteiger partial charge in [-0.1, -0.05) is 13.3 Å². The highest BCUT2D eigenvalue weighted by Gasteiger charge is 2.15. The van der Waals surface area contributed by atoms with Crippen molar-refractivity contribution in [2.75, 3.05) is 7.11 Å². The molecule has 1 heterocycles. The predicted molar refractivity (Wildman–Crippen MR) is 54.8 cm³/mol. The number of nitrogens with zero attached hydrogens (tertiary/aromatic N) is 2. The first-order valence-electron chi connectivity index (χ1n) is 4.97. The molecule has 0 fully saturated rings. The Kier molecular flexibility index (Phi) is 4.30. The molecular formula is C10H16N2O3. The van der Waals surface area contributed by atoms with Crippen molar-refractivity contribution >= 4 is 5.97 Å². The first-order valence-corrected chi connectivity index (χ1v) is 4.97. The topological polar surface area (TPSA) is 64.4 Å². The van der Waals surface area contributed by atoms with E-state index in [9.17, 15) is 4.79 Å². The van der Waals surface area contributed by atoms with Gasteiger partial charge in [-0.2, -0.15) is 5.10 Å². The molecule has 84 valence electrons. The zero-order chi connectivity index (χ0) is 11.3. The Hall–Kier alpha value is -1.36. The molecule has 0 saturated heterocycles. The molecule has 0 saturated carbocycles. The van der Waals surface area contributed by atoms with Crippen molar-refractivity contribution in [1.29, 1.82) is 0 Å². The third kappa shape index (κ3) is 2.79. The Labute approximate surface area is 88.7 Å². The van der Waals surface area contributed by atoms with E-state index >= 15 is 0 Å². The van der Waals surface area contributed by atoms with Crippen molar-refractivity contribution < 1.29 is 14.6 Å². The second-order valence-electron chi connectivity index (χ2n) is 3.32. The van der Waals surface area contributed by atoms with Crippen LogP contribution >= 0.6 is 0 Å². The van der Waals surface area contributed by atoms with Crippen molar-refractivity contribution in [2.24, 2.45) is 0 Å². The molecule has 0 aliphatic carbocycles. The van der Waals surface area contributed by atoms with Crippen LogP contribution in [0.25, 0.3) is 0 Å². The first kappa shape index (κ1) is 11.7. The minimum atomic E-state index is -0.954. The summed E-state index contributed by atoms with van der Waals surface area (Å²) in [6, 6.07) is 0. The number of unbranched alkanes of at least 4 members (excludes halogenated alkanes) is 1. The summed E-state index contributed by atoms with van der Waals surface area (Å²) in [5.74, 6) is -0.954. The molecule has 15 heavy (non-hydrogen) atoms. The summed E-state index contributed by atoms with van der Waals surface area (Å²) in [6.45, 7) is 3.10. The molecule has 0 bridgehead atoms. The van der Waals surface area contributed by atoms with Gasteiger partial charge in [0.2, 0.25) is 0 Å². The number of carbonyl (C=O) groups is 1. The van der Waals surface area contributed by atoms with Gasteiger partial charge in [-0.05, 0) is 6.42 Å². The van der Waals surface area contributed by atoms with E-state index in [0.717, 1.165) is 19.4 Å². The Morgan fingerprint density at radius 3 is 2.93 bits per heavy atom. The maximum absolute atomic E-state index is 10.9. The Balaban J connectivity index is 2.90. The Morgan fingerprint density at radius 1 is 1.67 bits per heavy atom. The van der Waals surface area contributed by atoms with Gasteiger partial charge in [0.15, 0.2) is 0 Å². The smallest absolute Gasteiger partial charge is 0.339 e. The van der Waals surface area contributed by atoms with Gasteiger partial charge < -0.3 is 9.84 Å². The first-order chi connectivity index (χ1) is 7.20. The van der Waals surface area contributed by atoms with Crippen LogP contribution in [0.1, 0.15) is 35.8 Å². The average Bonchev–Trinajstić information content (AvgIpc) is 2.59. The molecule has 0 aliphatic heterocycles. The molecule has 0 atom stereocenters. The Morgan fingerprint density at radius 2 is 2.40 bits per heavy atom. The lowest BCUT2D eigenvalue weighted by Gasteiger charge is -2.06. The summed E-state index contributed by atoms with van der Waals surface area (Å²) in [6.07, 6.45) is 3.42. The minimum absolute atomic E-state index is 0.230. The van der Waals surface area contributed by atoms with E-state index in [0.29, 0.717) is 5.69 Å². The number of hydrogen-bond acceptors (Lipinski definition) is 3. The molecule has 0 amide bonds. The molecular weight excluding hydrogens is 196 g/mol. The van der Waals surface area contributed by atoms with Gasteiger partial charge in [-0.3, -0.25) is 4.68 Å². The van der Waals surface area contributed by atoms with Gasteiger partial charge in [0, 0.05) is 13.7 Å². The maximum Gasteiger partial charge on any atom is 0.339 e. The largest absolute Gasteiger partial charge is 0.478 e. The minimum Gasteiger partial charge on any atom is -0.478 e. The van der Waals surface area contributed by atoms with Crippen molar-refractivity contribution in [3.8, 4) is 0 Å². The number of aromatic nitrogens is 2. The molecule has 5 heteroatoms. The molecule has 0 spiro atoms. The average molecular weight is 212 g/mol. The molecule has 0 radical (unpaired) electrons. The van der Waals surface area contributed by atoms with E-state index in [1.165, 1.54) is 6.20 Å². The fraction of sp³-hybridized carbons (Fsp3) is 0.600. The highest BCUT2D eigenvalue weighted by atomic mass is 16.5. The highest BCUT2D eigenvalue weighted by molar-refractivity contribution is 5.88. The van der Waals surface area contributed by atoms with Gasteiger partial charge in [0.25, 0.3) is 0 Å². The molecule has 1 rings (SSSR count). The summed E-state index contributed by atoms with van der Waals surface area (Å²) >= 11 is 0. The quantitative estimate of drug-likeness (QED) is 0.776. The summed E-state index contributed by atoms with van der Waals surface area (Å²) in [4.78, 5) is 10.9. The van der Waals surface area contributed by atoms with E-state index in [4.69, 9.17) is 9.84 Å². The number of aryl methyl sites for hydroxylation is 1. The number of carboxylic acid groups (broad SMARTS) is 1. The third-order valence-corrected chi connectivity index (χ3v) is 2.18. The summed E-state index contributed by atoms with van der Waals surface area (Å²) in [5, 5.41) is 13.0. The van der Waals surface area contributed by atoms with Gasteiger partial charge in [-0.25, -0.2) is 4.79 Å². The van der Waals surface area contributed by atoms with E-state index in [2.05, 4.69) is 12.0 Å². The van der Waals surface area contributed by atoms with Crippen LogP contribution in [0.4, 0.5) is 0 Å². The molecule has 0 unspecified atom stereocenters. The monoisotopic (exact) mass is 212 g/mol. The van der Waals surface area contributed by atoms with Crippen molar-refractivity contribution in [2.45, 2.75) is 32.9 Å². The molecule has 0 aromatic carbocycles. The lowest BCUT2D eigenvalue weighted by atomic mass is 10.2. The number of hydrogen-bond donors (Lipinski definition) is 1. The number of rotatable bonds is 6. The fourth-order valence-corrected chi connectivity index (χ4v) is 1.38. The van der Waals surface area contributed by atoms with Crippen LogP contribution in [0.15, 0.2) is 6.20 Å². The van der Waals surface area contributed by atoms with E-state index in [1.807, 2.05) is 0 Å². The number of carboxylic acids is 1. The van der Waals surface area contributed by atoms with Gasteiger partial charge >= 0.3 is 5.97 Å². The van der Waals surface area contributed by atoms with Gasteiger partial charge in [0.05, 0.1) is 18.5 Å². The maximum atomic E-state index is 10.9. The zero-order valence-corrected chi connectivity index (χ0v) is 9.06. The molecule has 1 aromatic heterocycles. The predicted octanol–water partition coefficient (Wildman–Crippen LogP) is 1.53.